The molecular weight excluding hydrogens is 492 g/mol. The van der Waals surface area contributed by atoms with E-state index in [-0.39, 0.29) is 11.4 Å². The Morgan fingerprint density at radius 1 is 1.32 bits per heavy atom. The lowest BCUT2D eigenvalue weighted by molar-refractivity contribution is 0.196. The molecule has 1 N–H and O–H groups in total. The fraction of sp³-hybridized carbons (Fsp3) is 0.391. The van der Waals surface area contributed by atoms with Gasteiger partial charge in [-0.1, -0.05) is 23.7 Å². The van der Waals surface area contributed by atoms with Crippen LogP contribution in [0, 0.1) is 5.41 Å². The molecule has 3 aromatic rings. The van der Waals surface area contributed by atoms with Crippen molar-refractivity contribution in [2.24, 2.45) is 5.41 Å². The summed E-state index contributed by atoms with van der Waals surface area (Å²) in [5.41, 5.74) is 2.77. The van der Waals surface area contributed by atoms with Gasteiger partial charge in [0.2, 0.25) is 0 Å². The van der Waals surface area contributed by atoms with Crippen molar-refractivity contribution < 1.29 is 9.00 Å². The molecule has 1 amide bonds. The first-order valence-corrected chi connectivity index (χ1v) is 14.4. The molecule has 0 radical (unpaired) electrons. The third-order valence-electron chi connectivity index (χ3n) is 6.46. The molecule has 2 fully saturated rings. The van der Waals surface area contributed by atoms with Crippen LogP contribution in [0.4, 0.5) is 10.5 Å². The van der Waals surface area contributed by atoms with E-state index < -0.39 is 9.71 Å². The number of nitrogens with one attached hydrogen (secondary N) is 1. The lowest BCUT2D eigenvalue weighted by atomic mass is 9.86. The Morgan fingerprint density at radius 2 is 2.15 bits per heavy atom. The summed E-state index contributed by atoms with van der Waals surface area (Å²) in [4.78, 5) is 21.6. The van der Waals surface area contributed by atoms with E-state index in [0.29, 0.717) is 18.8 Å². The van der Waals surface area contributed by atoms with Crippen LogP contribution in [-0.2, 0) is 16.3 Å². The van der Waals surface area contributed by atoms with Gasteiger partial charge in [-0.2, -0.15) is 9.78 Å². The molecule has 5 rings (SSSR count). The molecule has 11 heteroatoms. The molecule has 2 saturated heterocycles. The van der Waals surface area contributed by atoms with Crippen LogP contribution < -0.4 is 4.72 Å². The van der Waals surface area contributed by atoms with Gasteiger partial charge in [-0.25, -0.2) is 14.0 Å². The molecule has 2 atom stereocenters. The van der Waals surface area contributed by atoms with E-state index >= 15 is 0 Å². The summed E-state index contributed by atoms with van der Waals surface area (Å²) in [7, 11) is -2.42. The van der Waals surface area contributed by atoms with Crippen LogP contribution in [0.1, 0.15) is 18.4 Å². The Kier molecular flexibility index (Phi) is 6.18. The highest BCUT2D eigenvalue weighted by atomic mass is 35.5. The lowest BCUT2D eigenvalue weighted by Crippen LogP contribution is -2.36. The first kappa shape index (κ1) is 23.3. The number of rotatable bonds is 5. The second-order valence-corrected chi connectivity index (χ2v) is 12.9. The molecule has 0 saturated carbocycles. The molecule has 2 aliphatic rings. The minimum absolute atomic E-state index is 0.0995. The van der Waals surface area contributed by atoms with Gasteiger partial charge in [0, 0.05) is 69.7 Å². The molecular formula is C23H27ClN6O2S2. The fourth-order valence-electron chi connectivity index (χ4n) is 4.88. The number of amides is 1. The predicted molar refractivity (Wildman–Crippen MR) is 139 cm³/mol. The Labute approximate surface area is 208 Å². The molecule has 1 spiro atoms. The normalized spacial score (nSPS) is 22.4. The van der Waals surface area contributed by atoms with E-state index in [1.807, 2.05) is 16.3 Å². The summed E-state index contributed by atoms with van der Waals surface area (Å²) < 4.78 is 15.9. The largest absolute Gasteiger partial charge is 0.344 e. The Balaban J connectivity index is 1.20. The van der Waals surface area contributed by atoms with Crippen molar-refractivity contribution in [2.75, 3.05) is 37.2 Å². The highest BCUT2D eigenvalue weighted by molar-refractivity contribution is 8.00. The molecule has 2 aromatic heterocycles. The number of nitrogens with zero attached hydrogens (tertiary/aromatic N) is 5. The maximum atomic E-state index is 13.0. The summed E-state index contributed by atoms with van der Waals surface area (Å²) in [5.74, 6) is 3.57. The number of carbonyl (C=O) groups is 1. The molecule has 4 heterocycles. The smallest absolute Gasteiger partial charge is 0.322 e. The van der Waals surface area contributed by atoms with E-state index in [1.165, 1.54) is 17.1 Å². The van der Waals surface area contributed by atoms with E-state index in [1.54, 1.807) is 23.7 Å². The average molecular weight is 519 g/mol. The average Bonchev–Trinajstić information content (AvgIpc) is 3.57. The van der Waals surface area contributed by atoms with Crippen molar-refractivity contribution in [3.63, 3.8) is 0 Å². The number of likely N-dealkylation sites (tertiary alicyclic amines) is 2. The van der Waals surface area contributed by atoms with Crippen molar-refractivity contribution in [3.8, 4) is 10.6 Å². The number of halogens is 1. The molecule has 8 nitrogen and oxygen atoms in total. The van der Waals surface area contributed by atoms with Gasteiger partial charge in [0.05, 0.1) is 18.1 Å². The molecule has 0 aliphatic carbocycles. The van der Waals surface area contributed by atoms with Crippen LogP contribution in [0.25, 0.3) is 10.6 Å². The van der Waals surface area contributed by atoms with E-state index in [4.69, 9.17) is 11.6 Å². The number of anilines is 1. The highest BCUT2D eigenvalue weighted by Gasteiger charge is 2.45. The zero-order chi connectivity index (χ0) is 23.9. The number of thiazole rings is 1. The molecule has 1 aromatic carbocycles. The third kappa shape index (κ3) is 5.00. The van der Waals surface area contributed by atoms with E-state index in [0.717, 1.165) is 53.6 Å². The van der Waals surface area contributed by atoms with Crippen LogP contribution in [0.5, 0.6) is 0 Å². The van der Waals surface area contributed by atoms with Crippen molar-refractivity contribution in [2.45, 2.75) is 19.4 Å². The van der Waals surface area contributed by atoms with Crippen LogP contribution in [0.3, 0.4) is 0 Å². The van der Waals surface area contributed by atoms with Crippen LogP contribution in [0.15, 0.2) is 42.2 Å². The number of aromatic nitrogens is 3. The number of carbonyl (C=O) groups excluding carboxylic acids is 1. The monoisotopic (exact) mass is 518 g/mol. The lowest BCUT2D eigenvalue weighted by Gasteiger charge is -2.25. The van der Waals surface area contributed by atoms with Gasteiger partial charge >= 0.3 is 6.03 Å². The van der Waals surface area contributed by atoms with Gasteiger partial charge in [0.25, 0.3) is 0 Å². The number of benzene rings is 1. The van der Waals surface area contributed by atoms with E-state index in [9.17, 15) is 9.00 Å². The summed E-state index contributed by atoms with van der Waals surface area (Å²) in [6.45, 7) is 4.13. The second kappa shape index (κ2) is 8.99. The van der Waals surface area contributed by atoms with Crippen LogP contribution in [-0.4, -0.2) is 73.1 Å². The van der Waals surface area contributed by atoms with Gasteiger partial charge in [-0.15, -0.1) is 11.3 Å². The second-order valence-electron chi connectivity index (χ2n) is 9.34. The SMILES string of the molecule is C=S(C)(=O)Nc1cnn(C(=O)N2CCC3(CCN(Cc4ccc(-c5nccs5)cc4Cl)C3)C2)c1. The summed E-state index contributed by atoms with van der Waals surface area (Å²) >= 11 is 8.21. The van der Waals surface area contributed by atoms with Crippen molar-refractivity contribution >= 4 is 50.2 Å². The van der Waals surface area contributed by atoms with Gasteiger partial charge in [-0.3, -0.25) is 4.90 Å². The van der Waals surface area contributed by atoms with Crippen molar-refractivity contribution in [3.05, 3.63) is 52.8 Å². The number of hydrogen-bond acceptors (Lipinski definition) is 6. The minimum Gasteiger partial charge on any atom is -0.322 e. The quantitative estimate of drug-likeness (QED) is 0.518. The van der Waals surface area contributed by atoms with Gasteiger partial charge in [0.15, 0.2) is 0 Å². The highest BCUT2D eigenvalue weighted by Crippen LogP contribution is 2.40. The maximum Gasteiger partial charge on any atom is 0.344 e. The standard InChI is InChI=1S/C23H27ClN6O2S2/c1-34(2,32)27-19-12-26-30(14-19)22(31)29-9-6-23(16-29)5-8-28(15-23)13-18-4-3-17(11-20(18)24)21-25-7-10-33-21/h3-4,7,10-12,14H,1,5-6,8-9,13,15-16H2,2H3,(H,27,32). The third-order valence-corrected chi connectivity index (χ3v) is 8.31. The minimum atomic E-state index is -2.42. The zero-order valence-corrected chi connectivity index (χ0v) is 21.3. The summed E-state index contributed by atoms with van der Waals surface area (Å²) in [6.07, 6.45) is 8.40. The summed E-state index contributed by atoms with van der Waals surface area (Å²) in [5, 5.41) is 7.84. The van der Waals surface area contributed by atoms with Crippen LogP contribution in [0.2, 0.25) is 5.02 Å². The zero-order valence-electron chi connectivity index (χ0n) is 18.9. The molecule has 2 aliphatic heterocycles. The maximum absolute atomic E-state index is 13.0. The predicted octanol–water partition coefficient (Wildman–Crippen LogP) is 3.90. The molecule has 0 bridgehead atoms. The first-order chi connectivity index (χ1) is 16.2. The van der Waals surface area contributed by atoms with Gasteiger partial charge in [0.1, 0.15) is 5.01 Å². The number of hydrogen-bond donors (Lipinski definition) is 1. The van der Waals surface area contributed by atoms with Gasteiger partial charge < -0.3 is 9.62 Å². The Hall–Kier alpha value is -2.40. The summed E-state index contributed by atoms with van der Waals surface area (Å²) in [6, 6.07) is 6.02. The Morgan fingerprint density at radius 3 is 2.88 bits per heavy atom. The van der Waals surface area contributed by atoms with E-state index in [2.05, 4.69) is 37.7 Å². The molecule has 34 heavy (non-hydrogen) atoms. The van der Waals surface area contributed by atoms with Crippen molar-refractivity contribution in [1.82, 2.24) is 24.6 Å². The van der Waals surface area contributed by atoms with Gasteiger partial charge in [-0.05, 0) is 36.9 Å². The topological polar surface area (TPSA) is 83.4 Å². The first-order valence-electron chi connectivity index (χ1n) is 11.0. The van der Waals surface area contributed by atoms with Crippen LogP contribution >= 0.6 is 22.9 Å². The van der Waals surface area contributed by atoms with Crippen molar-refractivity contribution in [1.29, 1.82) is 0 Å². The fourth-order valence-corrected chi connectivity index (χ4v) is 6.36. The Bertz CT molecular complexity index is 1310. The molecule has 2 unspecified atom stereocenters. The molecule has 180 valence electrons.